The molecule has 1 amide bonds. The maximum atomic E-state index is 10.2. The van der Waals surface area contributed by atoms with E-state index >= 15 is 0 Å². The molecule has 0 aromatic rings. The summed E-state index contributed by atoms with van der Waals surface area (Å²) >= 11 is 1.91. The second-order valence-corrected chi connectivity index (χ2v) is 4.64. The molecule has 0 radical (unpaired) electrons. The lowest BCUT2D eigenvalue weighted by molar-refractivity contribution is -0.110. The van der Waals surface area contributed by atoms with E-state index in [4.69, 9.17) is 0 Å². The molecule has 0 spiro atoms. The molecule has 0 aromatic heterocycles. The van der Waals surface area contributed by atoms with E-state index in [-0.39, 0.29) is 0 Å². The molecule has 2 nitrogen and oxygen atoms in total. The van der Waals surface area contributed by atoms with Gasteiger partial charge < -0.3 is 5.32 Å². The number of rotatable bonds is 8. The molecule has 1 N–H and O–H groups in total. The van der Waals surface area contributed by atoms with E-state index in [1.54, 1.807) is 0 Å². The molecule has 0 fully saturated rings. The fourth-order valence-electron chi connectivity index (χ4n) is 1.27. The van der Waals surface area contributed by atoms with E-state index in [0.29, 0.717) is 6.04 Å². The first kappa shape index (κ1) is 12.8. The number of carbonyl (C=O) groups is 1. The quantitative estimate of drug-likeness (QED) is 0.614. The Bertz CT molecular complexity index is 130. The van der Waals surface area contributed by atoms with Gasteiger partial charge in [0.25, 0.3) is 0 Å². The Balaban J connectivity index is 3.42. The lowest BCUT2D eigenvalue weighted by Crippen LogP contribution is -2.26. The summed E-state index contributed by atoms with van der Waals surface area (Å²) in [5, 5.41) is 3.58. The average Bonchev–Trinajstić information content (AvgIpc) is 2.16. The van der Waals surface area contributed by atoms with Crippen molar-refractivity contribution in [2.24, 2.45) is 0 Å². The molecule has 0 saturated heterocycles. The Morgan fingerprint density at radius 2 is 2.15 bits per heavy atom. The third-order valence-corrected chi connectivity index (χ3v) is 3.40. The summed E-state index contributed by atoms with van der Waals surface area (Å²) in [4.78, 5) is 10.2. The van der Waals surface area contributed by atoms with Crippen molar-refractivity contribution in [3.63, 3.8) is 0 Å². The van der Waals surface area contributed by atoms with Crippen molar-refractivity contribution in [3.8, 4) is 0 Å². The maximum absolute atomic E-state index is 10.2. The molecule has 0 aromatic carbocycles. The minimum Gasteiger partial charge on any atom is -0.356 e. The summed E-state index contributed by atoms with van der Waals surface area (Å²) in [7, 11) is 0. The Morgan fingerprint density at radius 1 is 1.46 bits per heavy atom. The van der Waals surface area contributed by atoms with Crippen molar-refractivity contribution in [2.45, 2.75) is 50.8 Å². The standard InChI is InChI=1S/C10H21NOS/c1-4-10(11-8-12)7-5-6-9(2)13-3/h8-10H,4-7H2,1-3H3,(H,11,12)/t9-,10-/m0/s1. The van der Waals surface area contributed by atoms with Gasteiger partial charge in [-0.05, 0) is 25.5 Å². The zero-order chi connectivity index (χ0) is 10.1. The minimum atomic E-state index is 0.381. The van der Waals surface area contributed by atoms with Crippen LogP contribution in [0.5, 0.6) is 0 Å². The van der Waals surface area contributed by atoms with Gasteiger partial charge >= 0.3 is 0 Å². The second-order valence-electron chi connectivity index (χ2n) is 3.37. The lowest BCUT2D eigenvalue weighted by atomic mass is 10.1. The molecule has 3 heteroatoms. The molecule has 0 rings (SSSR count). The second kappa shape index (κ2) is 8.42. The van der Waals surface area contributed by atoms with Crippen LogP contribution in [0.3, 0.4) is 0 Å². The summed E-state index contributed by atoms with van der Waals surface area (Å²) in [6.45, 7) is 4.36. The largest absolute Gasteiger partial charge is 0.356 e. The SMILES string of the molecule is CC[C@@H](CCC[C@H](C)SC)NC=O. The van der Waals surface area contributed by atoms with E-state index in [1.165, 1.54) is 12.8 Å². The van der Waals surface area contributed by atoms with Crippen LogP contribution in [0.1, 0.15) is 39.5 Å². The van der Waals surface area contributed by atoms with Crippen molar-refractivity contribution in [2.75, 3.05) is 6.26 Å². The Kier molecular flexibility index (Phi) is 8.30. The van der Waals surface area contributed by atoms with Crippen molar-refractivity contribution < 1.29 is 4.79 Å². The van der Waals surface area contributed by atoms with Gasteiger partial charge in [0.05, 0.1) is 0 Å². The first-order valence-corrected chi connectivity index (χ1v) is 6.25. The van der Waals surface area contributed by atoms with Gasteiger partial charge in [-0.1, -0.05) is 20.3 Å². The number of thioether (sulfide) groups is 1. The molecular weight excluding hydrogens is 182 g/mol. The molecule has 0 aliphatic heterocycles. The maximum Gasteiger partial charge on any atom is 0.207 e. The number of carbonyl (C=O) groups excluding carboxylic acids is 1. The minimum absolute atomic E-state index is 0.381. The lowest BCUT2D eigenvalue weighted by Gasteiger charge is -2.14. The third kappa shape index (κ3) is 6.94. The summed E-state index contributed by atoms with van der Waals surface area (Å²) < 4.78 is 0. The van der Waals surface area contributed by atoms with E-state index < -0.39 is 0 Å². The van der Waals surface area contributed by atoms with Crippen LogP contribution in [-0.2, 0) is 4.79 Å². The monoisotopic (exact) mass is 203 g/mol. The molecule has 0 bridgehead atoms. The van der Waals surface area contributed by atoms with E-state index in [1.807, 2.05) is 11.8 Å². The summed E-state index contributed by atoms with van der Waals surface area (Å²) in [6.07, 6.45) is 7.56. The summed E-state index contributed by atoms with van der Waals surface area (Å²) in [5.74, 6) is 0. The smallest absolute Gasteiger partial charge is 0.207 e. The fraction of sp³-hybridized carbons (Fsp3) is 0.900. The van der Waals surface area contributed by atoms with Gasteiger partial charge in [0.1, 0.15) is 0 Å². The van der Waals surface area contributed by atoms with E-state index in [0.717, 1.165) is 24.5 Å². The number of hydrogen-bond donors (Lipinski definition) is 1. The number of nitrogens with one attached hydrogen (secondary N) is 1. The highest BCUT2D eigenvalue weighted by Crippen LogP contribution is 2.14. The molecule has 0 aliphatic rings. The van der Waals surface area contributed by atoms with Crippen LogP contribution in [0.4, 0.5) is 0 Å². The highest BCUT2D eigenvalue weighted by atomic mass is 32.2. The van der Waals surface area contributed by atoms with Crippen LogP contribution in [0.2, 0.25) is 0 Å². The van der Waals surface area contributed by atoms with Gasteiger partial charge in [-0.3, -0.25) is 4.79 Å². The zero-order valence-electron chi connectivity index (χ0n) is 8.88. The molecule has 0 saturated carbocycles. The van der Waals surface area contributed by atoms with Crippen LogP contribution >= 0.6 is 11.8 Å². The summed E-state index contributed by atoms with van der Waals surface area (Å²) in [6, 6.07) is 0.381. The topological polar surface area (TPSA) is 29.1 Å². The van der Waals surface area contributed by atoms with Crippen molar-refractivity contribution >= 4 is 18.2 Å². The first-order valence-electron chi connectivity index (χ1n) is 4.97. The van der Waals surface area contributed by atoms with Crippen molar-refractivity contribution in [3.05, 3.63) is 0 Å². The van der Waals surface area contributed by atoms with E-state index in [9.17, 15) is 4.79 Å². The molecule has 2 atom stereocenters. The van der Waals surface area contributed by atoms with Crippen molar-refractivity contribution in [1.29, 1.82) is 0 Å². The first-order chi connectivity index (χ1) is 6.24. The van der Waals surface area contributed by atoms with Gasteiger partial charge in [0, 0.05) is 11.3 Å². The van der Waals surface area contributed by atoms with Crippen LogP contribution < -0.4 is 5.32 Å². The third-order valence-electron chi connectivity index (χ3n) is 2.36. The molecule has 78 valence electrons. The normalized spacial score (nSPS) is 15.0. The highest BCUT2D eigenvalue weighted by molar-refractivity contribution is 7.99. The predicted molar refractivity (Wildman–Crippen MR) is 60.1 cm³/mol. The number of hydrogen-bond acceptors (Lipinski definition) is 2. The summed E-state index contributed by atoms with van der Waals surface area (Å²) in [5.41, 5.74) is 0. The zero-order valence-corrected chi connectivity index (χ0v) is 9.69. The molecular formula is C10H21NOS. The molecule has 0 heterocycles. The average molecular weight is 203 g/mol. The van der Waals surface area contributed by atoms with Gasteiger partial charge in [-0.25, -0.2) is 0 Å². The Hall–Kier alpha value is -0.180. The number of amides is 1. The Labute approximate surface area is 85.9 Å². The fourth-order valence-corrected chi connectivity index (χ4v) is 1.67. The van der Waals surface area contributed by atoms with Gasteiger partial charge in [-0.15, -0.1) is 0 Å². The van der Waals surface area contributed by atoms with E-state index in [2.05, 4.69) is 25.4 Å². The van der Waals surface area contributed by atoms with Crippen LogP contribution in [0.25, 0.3) is 0 Å². The van der Waals surface area contributed by atoms with Gasteiger partial charge in [0.2, 0.25) is 6.41 Å². The van der Waals surface area contributed by atoms with Crippen LogP contribution in [0, 0.1) is 0 Å². The highest BCUT2D eigenvalue weighted by Gasteiger charge is 2.05. The molecule has 0 aliphatic carbocycles. The van der Waals surface area contributed by atoms with Crippen LogP contribution in [-0.4, -0.2) is 24.0 Å². The molecule has 13 heavy (non-hydrogen) atoms. The van der Waals surface area contributed by atoms with Gasteiger partial charge in [0.15, 0.2) is 0 Å². The Morgan fingerprint density at radius 3 is 2.62 bits per heavy atom. The van der Waals surface area contributed by atoms with Gasteiger partial charge in [-0.2, -0.15) is 11.8 Å². The van der Waals surface area contributed by atoms with Crippen molar-refractivity contribution in [1.82, 2.24) is 5.32 Å². The molecule has 0 unspecified atom stereocenters. The van der Waals surface area contributed by atoms with Crippen LogP contribution in [0.15, 0.2) is 0 Å². The predicted octanol–water partition coefficient (Wildman–Crippen LogP) is 2.43.